The number of amides is 1. The molecule has 1 amide bonds. The minimum absolute atomic E-state index is 0.110. The summed E-state index contributed by atoms with van der Waals surface area (Å²) in [7, 11) is 1.74. The molecule has 0 aliphatic rings. The second-order valence-corrected chi connectivity index (χ2v) is 9.24. The van der Waals surface area contributed by atoms with Gasteiger partial charge in [-0.1, -0.05) is 12.1 Å². The number of nitrogens with zero attached hydrogens (tertiary/aromatic N) is 4. The first-order chi connectivity index (χ1) is 17.0. The predicted octanol–water partition coefficient (Wildman–Crippen LogP) is 4.94. The van der Waals surface area contributed by atoms with Gasteiger partial charge in [0.2, 0.25) is 5.03 Å². The van der Waals surface area contributed by atoms with E-state index in [-0.39, 0.29) is 5.56 Å². The molecule has 0 fully saturated rings. The first kappa shape index (κ1) is 25.2. The number of hydrogen-bond donors (Lipinski definition) is 2. The van der Waals surface area contributed by atoms with E-state index in [1.54, 1.807) is 42.2 Å². The van der Waals surface area contributed by atoms with Gasteiger partial charge in [-0.15, -0.1) is 0 Å². The molecule has 2 heterocycles. The van der Waals surface area contributed by atoms with Crippen molar-refractivity contribution in [3.05, 3.63) is 77.7 Å². The van der Waals surface area contributed by atoms with Gasteiger partial charge in [-0.2, -0.15) is 23.3 Å². The minimum Gasteiger partial charge on any atom is -0.610 e. The highest BCUT2D eigenvalue weighted by atomic mass is 32.2. The van der Waals surface area contributed by atoms with E-state index >= 15 is 0 Å². The van der Waals surface area contributed by atoms with Gasteiger partial charge in [-0.05, 0) is 42.8 Å². The van der Waals surface area contributed by atoms with Crippen LogP contribution in [-0.2, 0) is 24.4 Å². The molecule has 2 N–H and O–H groups in total. The fourth-order valence-electron chi connectivity index (χ4n) is 3.42. The number of rotatable bonds is 6. The van der Waals surface area contributed by atoms with E-state index < -0.39 is 28.8 Å². The van der Waals surface area contributed by atoms with Gasteiger partial charge in [-0.3, -0.25) is 9.48 Å². The molecule has 2 aromatic heterocycles. The van der Waals surface area contributed by atoms with Crippen LogP contribution < -0.4 is 10.6 Å². The number of carbonyl (C=O) groups is 1. The number of carbonyl (C=O) groups excluding carboxylic acids is 1. The highest BCUT2D eigenvalue weighted by molar-refractivity contribution is 7.90. The van der Waals surface area contributed by atoms with E-state index in [1.807, 2.05) is 6.92 Å². The molecule has 0 spiro atoms. The van der Waals surface area contributed by atoms with E-state index in [4.69, 9.17) is 0 Å². The highest BCUT2D eigenvalue weighted by Gasteiger charge is 2.31. The number of aromatic nitrogens is 4. The third-order valence-corrected chi connectivity index (χ3v) is 6.16. The summed E-state index contributed by atoms with van der Waals surface area (Å²) in [5.74, 6) is -0.0794. The van der Waals surface area contributed by atoms with Gasteiger partial charge in [0.25, 0.3) is 5.91 Å². The monoisotopic (exact) mass is 514 g/mol. The fourth-order valence-corrected chi connectivity index (χ4v) is 3.89. The zero-order chi connectivity index (χ0) is 26.0. The van der Waals surface area contributed by atoms with Crippen LogP contribution in [0.25, 0.3) is 11.3 Å². The van der Waals surface area contributed by atoms with Gasteiger partial charge in [0.1, 0.15) is 18.4 Å². The maximum atomic E-state index is 13.0. The maximum absolute atomic E-state index is 13.0. The van der Waals surface area contributed by atoms with Gasteiger partial charge in [-0.25, -0.2) is 4.98 Å². The Bertz CT molecular complexity index is 1420. The molecule has 4 rings (SSSR count). The number of nitrogens with one attached hydrogen (secondary N) is 2. The van der Waals surface area contributed by atoms with Crippen LogP contribution in [0.1, 0.15) is 21.5 Å². The SMILES string of the molecule is Cc1ccc(NC(=O)c2cccc(C(F)(F)F)c2)cc1Nc1c(-c2cc([S+](C)[O-])ncn2)cnn1C. The average molecular weight is 515 g/mol. The fraction of sp³-hybridized carbons (Fsp3) is 0.167. The lowest BCUT2D eigenvalue weighted by atomic mass is 10.1. The standard InChI is InChI=1S/C24H21F3N6O2S/c1-14-7-8-17(31-23(34)15-5-4-6-16(9-15)24(25,26)27)10-19(14)32-22-18(12-30-33(22)2)20-11-21(36(3)35)29-13-28-20/h4-13,32H,1-3H3,(H,31,34). The van der Waals surface area contributed by atoms with Crippen LogP contribution in [0.15, 0.2) is 66.1 Å². The third-order valence-electron chi connectivity index (χ3n) is 5.35. The summed E-state index contributed by atoms with van der Waals surface area (Å²) in [6, 6.07) is 10.9. The molecule has 0 saturated heterocycles. The zero-order valence-corrected chi connectivity index (χ0v) is 20.2. The molecule has 1 atom stereocenters. The van der Waals surface area contributed by atoms with Gasteiger partial charge < -0.3 is 15.2 Å². The molecule has 0 bridgehead atoms. The summed E-state index contributed by atoms with van der Waals surface area (Å²) in [6.45, 7) is 1.86. The van der Waals surface area contributed by atoms with Gasteiger partial charge >= 0.3 is 6.18 Å². The topological polar surface area (TPSA) is 108 Å². The Balaban J connectivity index is 1.60. The quantitative estimate of drug-likeness (QED) is 0.279. The summed E-state index contributed by atoms with van der Waals surface area (Å²) < 4.78 is 52.5. The Morgan fingerprint density at radius 2 is 1.89 bits per heavy atom. The Morgan fingerprint density at radius 3 is 2.61 bits per heavy atom. The van der Waals surface area contributed by atoms with Crippen molar-refractivity contribution in [2.24, 2.45) is 7.05 Å². The van der Waals surface area contributed by atoms with E-state index in [1.165, 1.54) is 24.7 Å². The number of hydrogen-bond acceptors (Lipinski definition) is 6. The normalized spacial score (nSPS) is 12.3. The van der Waals surface area contributed by atoms with E-state index in [0.29, 0.717) is 33.5 Å². The molecule has 1 unspecified atom stereocenters. The van der Waals surface area contributed by atoms with Crippen molar-refractivity contribution in [1.82, 2.24) is 19.7 Å². The summed E-state index contributed by atoms with van der Waals surface area (Å²) in [4.78, 5) is 20.9. The highest BCUT2D eigenvalue weighted by Crippen LogP contribution is 2.32. The molecular formula is C24H21F3N6O2S. The molecule has 4 aromatic rings. The molecule has 0 aliphatic heterocycles. The molecule has 186 valence electrons. The van der Waals surface area contributed by atoms with Crippen LogP contribution in [0.3, 0.4) is 0 Å². The van der Waals surface area contributed by atoms with Crippen molar-refractivity contribution in [3.8, 4) is 11.3 Å². The summed E-state index contributed by atoms with van der Waals surface area (Å²) in [5.41, 5.74) is 2.03. The van der Waals surface area contributed by atoms with Gasteiger partial charge in [0, 0.05) is 41.2 Å². The van der Waals surface area contributed by atoms with E-state index in [2.05, 4.69) is 25.7 Å². The number of alkyl halides is 3. The van der Waals surface area contributed by atoms with Crippen LogP contribution in [0.2, 0.25) is 0 Å². The van der Waals surface area contributed by atoms with Crippen molar-refractivity contribution in [2.45, 2.75) is 18.1 Å². The lowest BCUT2D eigenvalue weighted by Gasteiger charge is -2.14. The Morgan fingerprint density at radius 1 is 1.11 bits per heavy atom. The zero-order valence-electron chi connectivity index (χ0n) is 19.4. The smallest absolute Gasteiger partial charge is 0.416 e. The van der Waals surface area contributed by atoms with Crippen LogP contribution in [0, 0.1) is 6.92 Å². The lowest BCUT2D eigenvalue weighted by molar-refractivity contribution is -0.137. The van der Waals surface area contributed by atoms with Crippen LogP contribution in [0.5, 0.6) is 0 Å². The summed E-state index contributed by atoms with van der Waals surface area (Å²) in [6.07, 6.45) is -0.0780. The van der Waals surface area contributed by atoms with Crippen LogP contribution in [-0.4, -0.2) is 36.5 Å². The maximum Gasteiger partial charge on any atom is 0.416 e. The first-order valence-electron chi connectivity index (χ1n) is 10.6. The van der Waals surface area contributed by atoms with Crippen molar-refractivity contribution >= 4 is 34.3 Å². The second-order valence-electron chi connectivity index (χ2n) is 7.91. The number of benzene rings is 2. The van der Waals surface area contributed by atoms with E-state index in [9.17, 15) is 22.5 Å². The third kappa shape index (κ3) is 5.50. The second kappa shape index (κ2) is 9.99. The Labute approximate surface area is 207 Å². The lowest BCUT2D eigenvalue weighted by Crippen LogP contribution is -2.14. The van der Waals surface area contributed by atoms with Gasteiger partial charge in [0.05, 0.1) is 23.0 Å². The molecule has 0 saturated carbocycles. The molecule has 0 aliphatic carbocycles. The van der Waals surface area contributed by atoms with Crippen molar-refractivity contribution in [2.75, 3.05) is 16.9 Å². The molecule has 8 nitrogen and oxygen atoms in total. The minimum atomic E-state index is -4.55. The first-order valence-corrected chi connectivity index (χ1v) is 12.1. The Kier molecular flexibility index (Phi) is 7.00. The van der Waals surface area contributed by atoms with E-state index in [0.717, 1.165) is 17.7 Å². The number of halogens is 3. The average Bonchev–Trinajstić information content (AvgIpc) is 3.20. The summed E-state index contributed by atoms with van der Waals surface area (Å²) in [5, 5.41) is 10.6. The predicted molar refractivity (Wildman–Crippen MR) is 130 cm³/mol. The number of anilines is 3. The summed E-state index contributed by atoms with van der Waals surface area (Å²) >= 11 is -1.29. The molecular weight excluding hydrogens is 493 g/mol. The van der Waals surface area contributed by atoms with Crippen molar-refractivity contribution < 1.29 is 22.5 Å². The van der Waals surface area contributed by atoms with Crippen LogP contribution >= 0.6 is 0 Å². The molecule has 36 heavy (non-hydrogen) atoms. The van der Waals surface area contributed by atoms with Crippen molar-refractivity contribution in [3.63, 3.8) is 0 Å². The van der Waals surface area contributed by atoms with Crippen LogP contribution in [0.4, 0.5) is 30.4 Å². The molecule has 0 radical (unpaired) electrons. The molecule has 12 heteroatoms. The molecule has 2 aromatic carbocycles. The van der Waals surface area contributed by atoms with Gasteiger partial charge in [0.15, 0.2) is 0 Å². The van der Waals surface area contributed by atoms with Crippen molar-refractivity contribution in [1.29, 1.82) is 0 Å². The Hall–Kier alpha value is -3.90. The largest absolute Gasteiger partial charge is 0.610 e. The number of aryl methyl sites for hydroxylation is 2.